The normalized spacial score (nSPS) is 12.8. The van der Waals surface area contributed by atoms with Gasteiger partial charge in [0.05, 0.1) is 6.10 Å². The summed E-state index contributed by atoms with van der Waals surface area (Å²) in [5.41, 5.74) is 0.683. The number of carbonyl (C=O) groups is 1. The molecule has 1 unspecified atom stereocenters. The predicted molar refractivity (Wildman–Crippen MR) is 71.3 cm³/mol. The van der Waals surface area contributed by atoms with Crippen LogP contribution in [-0.2, 0) is 4.74 Å². The first-order chi connectivity index (χ1) is 8.60. The molecule has 2 rings (SSSR count). The van der Waals surface area contributed by atoms with Gasteiger partial charge in [-0.1, -0.05) is 11.6 Å². The number of methoxy groups -OCH3 is 1. The number of carbonyl (C=O) groups excluding carboxylic acids is 1. The molecule has 1 heterocycles. The highest BCUT2D eigenvalue weighted by atomic mass is 35.5. The Labute approximate surface area is 111 Å². The maximum absolute atomic E-state index is 11.9. The number of hydrogen-bond acceptors (Lipinski definition) is 3. The van der Waals surface area contributed by atoms with E-state index in [2.05, 4.69) is 0 Å². The summed E-state index contributed by atoms with van der Waals surface area (Å²) in [7, 11) is 1.64. The van der Waals surface area contributed by atoms with Gasteiger partial charge in [-0.3, -0.25) is 4.79 Å². The Balaban J connectivity index is 2.13. The van der Waals surface area contributed by atoms with E-state index in [0.717, 1.165) is 5.39 Å². The first kappa shape index (κ1) is 13.1. The fraction of sp³-hybridized carbons (Fsp3) is 0.357. The third kappa shape index (κ3) is 2.92. The number of rotatable bonds is 5. The van der Waals surface area contributed by atoms with Crippen molar-refractivity contribution in [2.24, 2.45) is 0 Å². The third-order valence-corrected chi connectivity index (χ3v) is 3.17. The molecule has 0 saturated heterocycles. The van der Waals surface area contributed by atoms with Crippen LogP contribution in [0, 0.1) is 0 Å². The number of ether oxygens (including phenoxy) is 1. The van der Waals surface area contributed by atoms with Crippen LogP contribution in [0.25, 0.3) is 11.0 Å². The van der Waals surface area contributed by atoms with Gasteiger partial charge in [0.25, 0.3) is 0 Å². The Morgan fingerprint density at radius 2 is 2.22 bits per heavy atom. The molecule has 0 amide bonds. The zero-order chi connectivity index (χ0) is 13.1. The standard InChI is InChI=1S/C14H15ClO3/c1-9(17-2)3-5-12(16)14-8-10-7-11(15)4-6-13(10)18-14/h4,6-9H,3,5H2,1-2H3. The van der Waals surface area contributed by atoms with Gasteiger partial charge >= 0.3 is 0 Å². The molecule has 18 heavy (non-hydrogen) atoms. The third-order valence-electron chi connectivity index (χ3n) is 2.93. The molecule has 0 saturated carbocycles. The summed E-state index contributed by atoms with van der Waals surface area (Å²) in [5.74, 6) is 0.377. The molecule has 0 aliphatic heterocycles. The van der Waals surface area contributed by atoms with Gasteiger partial charge in [-0.05, 0) is 37.6 Å². The van der Waals surface area contributed by atoms with Crippen LogP contribution < -0.4 is 0 Å². The van der Waals surface area contributed by atoms with E-state index < -0.39 is 0 Å². The highest BCUT2D eigenvalue weighted by Crippen LogP contribution is 2.24. The van der Waals surface area contributed by atoms with E-state index in [4.69, 9.17) is 20.8 Å². The quantitative estimate of drug-likeness (QED) is 0.766. The minimum atomic E-state index is -0.00813. The average Bonchev–Trinajstić information content (AvgIpc) is 2.78. The molecule has 96 valence electrons. The monoisotopic (exact) mass is 266 g/mol. The second kappa shape index (κ2) is 5.55. The van der Waals surface area contributed by atoms with Gasteiger partial charge in [-0.15, -0.1) is 0 Å². The fourth-order valence-electron chi connectivity index (χ4n) is 1.73. The van der Waals surface area contributed by atoms with Crippen LogP contribution in [0.4, 0.5) is 0 Å². The van der Waals surface area contributed by atoms with Crippen LogP contribution >= 0.6 is 11.6 Å². The topological polar surface area (TPSA) is 39.4 Å². The number of benzene rings is 1. The van der Waals surface area contributed by atoms with Gasteiger partial charge in [0.2, 0.25) is 0 Å². The molecule has 0 aliphatic rings. The molecule has 0 fully saturated rings. The van der Waals surface area contributed by atoms with Crippen molar-refractivity contribution in [1.82, 2.24) is 0 Å². The van der Waals surface area contributed by atoms with Gasteiger partial charge in [0, 0.05) is 23.9 Å². The molecule has 1 aromatic heterocycles. The van der Waals surface area contributed by atoms with Crippen LogP contribution in [0.1, 0.15) is 30.3 Å². The summed E-state index contributed by atoms with van der Waals surface area (Å²) >= 11 is 5.89. The average molecular weight is 267 g/mol. The van der Waals surface area contributed by atoms with E-state index >= 15 is 0 Å². The second-order valence-corrected chi connectivity index (χ2v) is 4.74. The minimum Gasteiger partial charge on any atom is -0.453 e. The number of halogens is 1. The van der Waals surface area contributed by atoms with Gasteiger partial charge in [-0.25, -0.2) is 0 Å². The summed E-state index contributed by atoms with van der Waals surface area (Å²) in [5, 5.41) is 1.49. The van der Waals surface area contributed by atoms with Crippen molar-refractivity contribution in [3.8, 4) is 0 Å². The van der Waals surface area contributed by atoms with Crippen LogP contribution in [-0.4, -0.2) is 19.0 Å². The van der Waals surface area contributed by atoms with Crippen molar-refractivity contribution in [2.45, 2.75) is 25.9 Å². The molecular weight excluding hydrogens is 252 g/mol. The zero-order valence-corrected chi connectivity index (χ0v) is 11.2. The lowest BCUT2D eigenvalue weighted by atomic mass is 10.1. The van der Waals surface area contributed by atoms with Crippen molar-refractivity contribution < 1.29 is 13.9 Å². The second-order valence-electron chi connectivity index (χ2n) is 4.30. The van der Waals surface area contributed by atoms with E-state index in [1.165, 1.54) is 0 Å². The van der Waals surface area contributed by atoms with Crippen molar-refractivity contribution in [3.05, 3.63) is 35.0 Å². The lowest BCUT2D eigenvalue weighted by molar-refractivity contribution is 0.0858. The number of Topliss-reactive ketones (excluding diaryl/α,β-unsaturated/α-hetero) is 1. The van der Waals surface area contributed by atoms with Gasteiger partial charge in [0.1, 0.15) is 5.58 Å². The lowest BCUT2D eigenvalue weighted by Gasteiger charge is -2.06. The molecule has 1 aromatic carbocycles. The highest BCUT2D eigenvalue weighted by Gasteiger charge is 2.13. The largest absolute Gasteiger partial charge is 0.453 e. The SMILES string of the molecule is COC(C)CCC(=O)c1cc2cc(Cl)ccc2o1. The van der Waals surface area contributed by atoms with Crippen LogP contribution in [0.15, 0.2) is 28.7 Å². The predicted octanol–water partition coefficient (Wildman–Crippen LogP) is 4.08. The molecule has 4 heteroatoms. The lowest BCUT2D eigenvalue weighted by Crippen LogP contribution is -2.08. The van der Waals surface area contributed by atoms with Crippen LogP contribution in [0.3, 0.4) is 0 Å². The summed E-state index contributed by atoms with van der Waals surface area (Å²) in [6.07, 6.45) is 1.18. The van der Waals surface area contributed by atoms with Crippen LogP contribution in [0.2, 0.25) is 5.02 Å². The Morgan fingerprint density at radius 1 is 1.44 bits per heavy atom. The van der Waals surface area contributed by atoms with Gasteiger partial charge < -0.3 is 9.15 Å². The highest BCUT2D eigenvalue weighted by molar-refractivity contribution is 6.31. The molecule has 0 N–H and O–H groups in total. The van der Waals surface area contributed by atoms with E-state index in [1.807, 2.05) is 6.92 Å². The summed E-state index contributed by atoms with van der Waals surface area (Å²) < 4.78 is 10.6. The molecule has 0 bridgehead atoms. The van der Waals surface area contributed by atoms with E-state index in [9.17, 15) is 4.79 Å². The molecule has 0 aliphatic carbocycles. The van der Waals surface area contributed by atoms with Crippen molar-refractivity contribution >= 4 is 28.4 Å². The number of furan rings is 1. The number of fused-ring (bicyclic) bond motifs is 1. The van der Waals surface area contributed by atoms with Crippen molar-refractivity contribution in [3.63, 3.8) is 0 Å². The zero-order valence-electron chi connectivity index (χ0n) is 10.4. The maximum Gasteiger partial charge on any atom is 0.198 e. The minimum absolute atomic E-state index is 0.00813. The molecule has 0 radical (unpaired) electrons. The summed E-state index contributed by atoms with van der Waals surface area (Å²) in [4.78, 5) is 11.9. The summed E-state index contributed by atoms with van der Waals surface area (Å²) in [6, 6.07) is 7.04. The summed E-state index contributed by atoms with van der Waals surface area (Å²) in [6.45, 7) is 1.94. The molecular formula is C14H15ClO3. The number of hydrogen-bond donors (Lipinski definition) is 0. The fourth-order valence-corrected chi connectivity index (χ4v) is 1.91. The van der Waals surface area contributed by atoms with Crippen molar-refractivity contribution in [1.29, 1.82) is 0 Å². The number of ketones is 1. The molecule has 2 aromatic rings. The smallest absolute Gasteiger partial charge is 0.198 e. The first-order valence-corrected chi connectivity index (χ1v) is 6.23. The molecule has 1 atom stereocenters. The van der Waals surface area contributed by atoms with Crippen molar-refractivity contribution in [2.75, 3.05) is 7.11 Å². The van der Waals surface area contributed by atoms with Gasteiger partial charge in [-0.2, -0.15) is 0 Å². The maximum atomic E-state index is 11.9. The van der Waals surface area contributed by atoms with E-state index in [1.54, 1.807) is 31.4 Å². The molecule has 0 spiro atoms. The Bertz CT molecular complexity index is 559. The molecule has 3 nitrogen and oxygen atoms in total. The van der Waals surface area contributed by atoms with E-state index in [-0.39, 0.29) is 11.9 Å². The Kier molecular flexibility index (Phi) is 4.04. The first-order valence-electron chi connectivity index (χ1n) is 5.85. The Morgan fingerprint density at radius 3 is 2.94 bits per heavy atom. The Hall–Kier alpha value is -1.32. The van der Waals surface area contributed by atoms with Gasteiger partial charge in [0.15, 0.2) is 11.5 Å². The van der Waals surface area contributed by atoms with Crippen LogP contribution in [0.5, 0.6) is 0 Å². The van der Waals surface area contributed by atoms with E-state index in [0.29, 0.717) is 29.2 Å².